The van der Waals surface area contributed by atoms with Crippen molar-refractivity contribution in [1.82, 2.24) is 0 Å². The van der Waals surface area contributed by atoms with Gasteiger partial charge in [0.05, 0.1) is 52.9 Å². The van der Waals surface area contributed by atoms with Gasteiger partial charge in [-0.1, -0.05) is 152 Å². The van der Waals surface area contributed by atoms with Crippen LogP contribution in [0.25, 0.3) is 0 Å². The Labute approximate surface area is 446 Å². The highest BCUT2D eigenvalue weighted by Crippen LogP contribution is 2.40. The van der Waals surface area contributed by atoms with Crippen molar-refractivity contribution in [2.75, 3.05) is 33.5 Å². The molecule has 77 heavy (non-hydrogen) atoms. The summed E-state index contributed by atoms with van der Waals surface area (Å²) in [5, 5.41) is 58.4. The lowest BCUT2D eigenvalue weighted by Gasteiger charge is -2.51. The van der Waals surface area contributed by atoms with Crippen LogP contribution in [0.1, 0.15) is 34.1 Å². The minimum atomic E-state index is -1.75. The molecule has 5 N–H and O–H groups in total. The van der Waals surface area contributed by atoms with Crippen molar-refractivity contribution in [1.29, 1.82) is 0 Å². The number of hydrogen-bond acceptors (Lipinski definition) is 19. The molecular formula is C58H68O19. The van der Waals surface area contributed by atoms with E-state index >= 15 is 0 Å². The van der Waals surface area contributed by atoms with Crippen LogP contribution < -0.4 is 0 Å². The summed E-state index contributed by atoms with van der Waals surface area (Å²) in [6.45, 7) is -0.0701. The Kier molecular flexibility index (Phi) is 19.5. The molecule has 19 atom stereocenters. The maximum atomic E-state index is 12.1. The predicted octanol–water partition coefficient (Wildman–Crippen LogP) is 3.84. The monoisotopic (exact) mass is 1070 g/mol. The molecule has 5 heterocycles. The van der Waals surface area contributed by atoms with Crippen molar-refractivity contribution >= 4 is 0 Å². The average Bonchev–Trinajstić information content (AvgIpc) is 3.47. The summed E-state index contributed by atoms with van der Waals surface area (Å²) in [6.07, 6.45) is -23.3. The highest BCUT2D eigenvalue weighted by atomic mass is 16.8. The summed E-state index contributed by atoms with van der Waals surface area (Å²) >= 11 is 0. The lowest BCUT2D eigenvalue weighted by molar-refractivity contribution is -0.405. The van der Waals surface area contributed by atoms with Gasteiger partial charge in [0, 0.05) is 12.7 Å². The molecule has 10 rings (SSSR count). The van der Waals surface area contributed by atoms with E-state index in [1.54, 1.807) is 0 Å². The van der Waals surface area contributed by atoms with Gasteiger partial charge in [-0.25, -0.2) is 0 Å². The summed E-state index contributed by atoms with van der Waals surface area (Å²) in [5.41, 5.74) is 4.14. The fraction of sp³-hybridized carbons (Fsp3) is 0.483. The highest BCUT2D eigenvalue weighted by molar-refractivity contribution is 5.19. The van der Waals surface area contributed by atoms with E-state index in [9.17, 15) is 25.5 Å². The molecule has 0 aromatic heterocycles. The number of aliphatic hydroxyl groups excluding tert-OH is 5. The number of ether oxygens (including phenoxy) is 14. The quantitative estimate of drug-likeness (QED) is 0.0703. The number of aliphatic hydroxyl groups is 5. The molecule has 0 saturated carbocycles. The first-order chi connectivity index (χ1) is 37.7. The van der Waals surface area contributed by atoms with E-state index in [0.717, 1.165) is 27.8 Å². The van der Waals surface area contributed by atoms with Crippen molar-refractivity contribution in [2.24, 2.45) is 0 Å². The second-order valence-corrected chi connectivity index (χ2v) is 19.6. The zero-order valence-corrected chi connectivity index (χ0v) is 42.5. The molecule has 19 heteroatoms. The van der Waals surface area contributed by atoms with Gasteiger partial charge >= 0.3 is 0 Å². The van der Waals surface area contributed by atoms with Gasteiger partial charge in [0.15, 0.2) is 31.5 Å². The van der Waals surface area contributed by atoms with Gasteiger partial charge in [-0.2, -0.15) is 0 Å². The van der Waals surface area contributed by atoms with E-state index in [-0.39, 0.29) is 52.9 Å². The fourth-order valence-corrected chi connectivity index (χ4v) is 10.0. The maximum Gasteiger partial charge on any atom is 0.187 e. The Bertz CT molecular complexity index is 2490. The molecule has 5 aliphatic rings. The fourth-order valence-electron chi connectivity index (χ4n) is 10.0. The second-order valence-electron chi connectivity index (χ2n) is 19.6. The summed E-state index contributed by atoms with van der Waals surface area (Å²) < 4.78 is 88.9. The van der Waals surface area contributed by atoms with E-state index in [4.69, 9.17) is 66.3 Å². The maximum absolute atomic E-state index is 12.1. The third-order valence-electron chi connectivity index (χ3n) is 14.2. The van der Waals surface area contributed by atoms with Gasteiger partial charge in [0.1, 0.15) is 85.5 Å². The molecule has 0 aliphatic carbocycles. The summed E-state index contributed by atoms with van der Waals surface area (Å²) in [7, 11) is 1.35. The lowest BCUT2D eigenvalue weighted by Crippen LogP contribution is -2.67. The molecule has 5 saturated heterocycles. The van der Waals surface area contributed by atoms with Crippen LogP contribution in [-0.4, -0.2) is 170 Å². The van der Waals surface area contributed by atoms with Crippen molar-refractivity contribution in [3.05, 3.63) is 179 Å². The second kappa shape index (κ2) is 27.0. The smallest absolute Gasteiger partial charge is 0.187 e. The topological polar surface area (TPSA) is 230 Å². The molecule has 5 aliphatic heterocycles. The number of methoxy groups -OCH3 is 1. The zero-order chi connectivity index (χ0) is 53.1. The van der Waals surface area contributed by atoms with Crippen molar-refractivity contribution in [3.63, 3.8) is 0 Å². The lowest BCUT2D eigenvalue weighted by atomic mass is 9.96. The van der Waals surface area contributed by atoms with E-state index in [1.807, 2.05) is 152 Å². The SMILES string of the molecule is CO[C@@H]1OC[C@@H](O[C@@H]2O[C@@H]3CO[C@@H](c4ccccc4)O[C@H]3[C@H](O[C@@H]3OC[C@@H](O[C@@H]4O[C@H](COCc5ccccc5)[C@@H](O)[C@H](OCc5ccccc5)[C@@H]4OCc4ccccc4)[C@H](O)[C@H]3O)[C@@H]2OCc2ccccc2)[C@H](O)[C@H]1O. The summed E-state index contributed by atoms with van der Waals surface area (Å²) in [4.78, 5) is 0. The molecule has 5 aromatic carbocycles. The minimum Gasteiger partial charge on any atom is -0.387 e. The first-order valence-electron chi connectivity index (χ1n) is 26.0. The van der Waals surface area contributed by atoms with Crippen LogP contribution in [0, 0.1) is 0 Å². The van der Waals surface area contributed by atoms with E-state index in [1.165, 1.54) is 7.11 Å². The van der Waals surface area contributed by atoms with Crippen molar-refractivity contribution in [3.8, 4) is 0 Å². The van der Waals surface area contributed by atoms with Crippen LogP contribution in [0.3, 0.4) is 0 Å². The van der Waals surface area contributed by atoms with Gasteiger partial charge in [-0.3, -0.25) is 0 Å². The zero-order valence-electron chi connectivity index (χ0n) is 42.5. The normalized spacial score (nSPS) is 35.5. The molecule has 5 fully saturated rings. The van der Waals surface area contributed by atoms with Crippen LogP contribution in [-0.2, 0) is 92.7 Å². The van der Waals surface area contributed by atoms with Crippen LogP contribution in [0.5, 0.6) is 0 Å². The molecule has 414 valence electrons. The highest BCUT2D eigenvalue weighted by Gasteiger charge is 2.56. The third-order valence-corrected chi connectivity index (χ3v) is 14.2. The summed E-state index contributed by atoms with van der Waals surface area (Å²) in [6, 6.07) is 47.3. The number of fused-ring (bicyclic) bond motifs is 1. The Morgan fingerprint density at radius 2 is 0.870 bits per heavy atom. The Morgan fingerprint density at radius 3 is 1.40 bits per heavy atom. The van der Waals surface area contributed by atoms with Crippen molar-refractivity contribution < 1.29 is 91.8 Å². The first-order valence-corrected chi connectivity index (χ1v) is 26.0. The van der Waals surface area contributed by atoms with E-state index in [2.05, 4.69) is 0 Å². The Morgan fingerprint density at radius 1 is 0.416 bits per heavy atom. The molecule has 0 radical (unpaired) electrons. The Hall–Kier alpha value is -4.66. The average molecular weight is 1070 g/mol. The number of hydrogen-bond donors (Lipinski definition) is 5. The number of benzene rings is 5. The minimum absolute atomic E-state index is 0.00198. The molecule has 19 nitrogen and oxygen atoms in total. The van der Waals surface area contributed by atoms with Gasteiger partial charge in [0.25, 0.3) is 0 Å². The first kappa shape index (κ1) is 55.6. The third kappa shape index (κ3) is 13.9. The molecular weight excluding hydrogens is 1000 g/mol. The largest absolute Gasteiger partial charge is 0.387 e. The van der Waals surface area contributed by atoms with Crippen LogP contribution in [0.4, 0.5) is 0 Å². The summed E-state index contributed by atoms with van der Waals surface area (Å²) in [5.74, 6) is 0. The Balaban J connectivity index is 0.908. The predicted molar refractivity (Wildman–Crippen MR) is 270 cm³/mol. The van der Waals surface area contributed by atoms with Gasteiger partial charge in [-0.05, 0) is 22.3 Å². The van der Waals surface area contributed by atoms with Gasteiger partial charge in [0.2, 0.25) is 0 Å². The van der Waals surface area contributed by atoms with Gasteiger partial charge in [-0.15, -0.1) is 0 Å². The van der Waals surface area contributed by atoms with Gasteiger partial charge < -0.3 is 91.8 Å². The number of rotatable bonds is 21. The van der Waals surface area contributed by atoms with E-state index in [0.29, 0.717) is 0 Å². The standard InChI is InChI=1S/C58H68O19/c1-64-55-47(62)44(59)41(32-70-55)74-58-53(68-30-38-23-13-5-14-24-38)51(49-43(75-58)34-69-54(76-49)39-25-15-6-16-26-39)77-56-48(63)45(60)42(33-71-56)73-57-52(67-29-37-21-11-4-12-22-37)50(66-28-36-19-9-3-10-20-36)46(61)40(72-57)31-65-27-35-17-7-2-8-18-35/h2-26,40-63H,27-34H2,1H3/t40-,41-,42-,43-,44+,45+,46-,47-,48-,49-,50+,51+,52+,53+,54-,55-,56+,57+,58-/m1/s1. The molecule has 0 bridgehead atoms. The van der Waals surface area contributed by atoms with Crippen LogP contribution in [0.2, 0.25) is 0 Å². The molecule has 0 unspecified atom stereocenters. The molecule has 5 aromatic rings. The molecule has 0 spiro atoms. The van der Waals surface area contributed by atoms with Crippen LogP contribution in [0.15, 0.2) is 152 Å². The van der Waals surface area contributed by atoms with Crippen molar-refractivity contribution in [2.45, 2.75) is 143 Å². The molecule has 0 amide bonds. The van der Waals surface area contributed by atoms with Crippen LogP contribution >= 0.6 is 0 Å². The van der Waals surface area contributed by atoms with E-state index < -0.39 is 117 Å².